The van der Waals surface area contributed by atoms with Crippen LogP contribution in [-0.2, 0) is 14.3 Å². The SMILES string of the molecule is COCCCNC(=O)CNc1ccc(C(=O)N2CCOCC2)cc1. The average molecular weight is 335 g/mol. The van der Waals surface area contributed by atoms with Crippen LogP contribution in [0.2, 0.25) is 0 Å². The zero-order valence-corrected chi connectivity index (χ0v) is 14.0. The summed E-state index contributed by atoms with van der Waals surface area (Å²) in [4.78, 5) is 25.8. The Balaban J connectivity index is 1.75. The quantitative estimate of drug-likeness (QED) is 0.685. The summed E-state index contributed by atoms with van der Waals surface area (Å²) in [7, 11) is 1.64. The first-order chi connectivity index (χ1) is 11.7. The second-order valence-electron chi connectivity index (χ2n) is 5.53. The maximum Gasteiger partial charge on any atom is 0.254 e. The summed E-state index contributed by atoms with van der Waals surface area (Å²) in [6, 6.07) is 7.17. The summed E-state index contributed by atoms with van der Waals surface area (Å²) < 4.78 is 10.2. The molecule has 2 amide bonds. The highest BCUT2D eigenvalue weighted by molar-refractivity contribution is 5.94. The number of anilines is 1. The molecule has 1 heterocycles. The van der Waals surface area contributed by atoms with E-state index < -0.39 is 0 Å². The molecule has 7 nitrogen and oxygen atoms in total. The third kappa shape index (κ3) is 5.82. The van der Waals surface area contributed by atoms with Crippen molar-refractivity contribution in [2.45, 2.75) is 6.42 Å². The van der Waals surface area contributed by atoms with Crippen LogP contribution in [0.25, 0.3) is 0 Å². The van der Waals surface area contributed by atoms with Crippen LogP contribution in [-0.4, -0.2) is 69.8 Å². The molecule has 0 spiro atoms. The first-order valence-corrected chi connectivity index (χ1v) is 8.17. The van der Waals surface area contributed by atoms with Crippen LogP contribution in [0.3, 0.4) is 0 Å². The van der Waals surface area contributed by atoms with Gasteiger partial charge in [0, 0.05) is 44.6 Å². The van der Waals surface area contributed by atoms with Gasteiger partial charge in [-0.15, -0.1) is 0 Å². The van der Waals surface area contributed by atoms with Gasteiger partial charge in [-0.3, -0.25) is 9.59 Å². The number of hydrogen-bond donors (Lipinski definition) is 2. The number of hydrogen-bond acceptors (Lipinski definition) is 5. The predicted octanol–water partition coefficient (Wildman–Crippen LogP) is 0.724. The number of ether oxygens (including phenoxy) is 2. The lowest BCUT2D eigenvalue weighted by molar-refractivity contribution is -0.119. The van der Waals surface area contributed by atoms with Gasteiger partial charge in [-0.1, -0.05) is 0 Å². The van der Waals surface area contributed by atoms with Crippen LogP contribution in [0, 0.1) is 0 Å². The summed E-state index contributed by atoms with van der Waals surface area (Å²) >= 11 is 0. The minimum absolute atomic E-state index is 0.0146. The van der Waals surface area contributed by atoms with Gasteiger partial charge in [0.15, 0.2) is 0 Å². The maximum absolute atomic E-state index is 12.3. The Morgan fingerprint density at radius 2 is 1.92 bits per heavy atom. The molecule has 1 aliphatic heterocycles. The molecule has 0 saturated carbocycles. The van der Waals surface area contributed by atoms with Gasteiger partial charge in [-0.05, 0) is 30.7 Å². The van der Waals surface area contributed by atoms with Crippen LogP contribution in [0.5, 0.6) is 0 Å². The highest BCUT2D eigenvalue weighted by Gasteiger charge is 2.18. The molecular formula is C17H25N3O4. The fourth-order valence-corrected chi connectivity index (χ4v) is 2.37. The number of carbonyl (C=O) groups is 2. The zero-order chi connectivity index (χ0) is 17.2. The van der Waals surface area contributed by atoms with E-state index in [1.54, 1.807) is 24.1 Å². The molecule has 1 saturated heterocycles. The van der Waals surface area contributed by atoms with Gasteiger partial charge in [0.05, 0.1) is 19.8 Å². The number of morpholine rings is 1. The van der Waals surface area contributed by atoms with Crippen molar-refractivity contribution in [2.75, 3.05) is 58.4 Å². The summed E-state index contributed by atoms with van der Waals surface area (Å²) in [6.07, 6.45) is 0.792. The van der Waals surface area contributed by atoms with Crippen LogP contribution in [0.4, 0.5) is 5.69 Å². The smallest absolute Gasteiger partial charge is 0.254 e. The third-order valence-electron chi connectivity index (χ3n) is 3.73. The van der Waals surface area contributed by atoms with Crippen molar-refractivity contribution in [3.63, 3.8) is 0 Å². The summed E-state index contributed by atoms with van der Waals surface area (Å²) in [6.45, 7) is 3.86. The molecule has 1 fully saturated rings. The van der Waals surface area contributed by atoms with Gasteiger partial charge >= 0.3 is 0 Å². The highest BCUT2D eigenvalue weighted by Crippen LogP contribution is 2.12. The number of rotatable bonds is 8. The van der Waals surface area contributed by atoms with Gasteiger partial charge in [0.2, 0.25) is 5.91 Å². The van der Waals surface area contributed by atoms with Gasteiger partial charge in [-0.25, -0.2) is 0 Å². The zero-order valence-electron chi connectivity index (χ0n) is 14.0. The highest BCUT2D eigenvalue weighted by atomic mass is 16.5. The Morgan fingerprint density at radius 1 is 1.21 bits per heavy atom. The largest absolute Gasteiger partial charge is 0.385 e. The van der Waals surface area contributed by atoms with E-state index in [4.69, 9.17) is 9.47 Å². The van der Waals surface area contributed by atoms with E-state index in [2.05, 4.69) is 10.6 Å². The van der Waals surface area contributed by atoms with Crippen molar-refractivity contribution in [2.24, 2.45) is 0 Å². The van der Waals surface area contributed by atoms with E-state index in [9.17, 15) is 9.59 Å². The number of benzene rings is 1. The minimum Gasteiger partial charge on any atom is -0.385 e. The van der Waals surface area contributed by atoms with Crippen LogP contribution >= 0.6 is 0 Å². The number of methoxy groups -OCH3 is 1. The number of carbonyl (C=O) groups excluding carboxylic acids is 2. The van der Waals surface area contributed by atoms with E-state index in [1.807, 2.05) is 12.1 Å². The molecule has 2 rings (SSSR count). The average Bonchev–Trinajstić information content (AvgIpc) is 2.64. The maximum atomic E-state index is 12.3. The number of nitrogens with one attached hydrogen (secondary N) is 2. The van der Waals surface area contributed by atoms with Crippen molar-refractivity contribution in [1.82, 2.24) is 10.2 Å². The Kier molecular flexibility index (Phi) is 7.51. The van der Waals surface area contributed by atoms with Crippen molar-refractivity contribution >= 4 is 17.5 Å². The molecule has 0 atom stereocenters. The third-order valence-corrected chi connectivity index (χ3v) is 3.73. The molecule has 24 heavy (non-hydrogen) atoms. The lowest BCUT2D eigenvalue weighted by atomic mass is 10.1. The second-order valence-corrected chi connectivity index (χ2v) is 5.53. The molecule has 1 aromatic rings. The van der Waals surface area contributed by atoms with Gasteiger partial charge in [0.25, 0.3) is 5.91 Å². The summed E-state index contributed by atoms with van der Waals surface area (Å²) in [5.74, 6) is -0.0553. The fourth-order valence-electron chi connectivity index (χ4n) is 2.37. The summed E-state index contributed by atoms with van der Waals surface area (Å²) in [5, 5.41) is 5.85. The van der Waals surface area contributed by atoms with Crippen LogP contribution in [0.1, 0.15) is 16.8 Å². The molecule has 0 bridgehead atoms. The monoisotopic (exact) mass is 335 g/mol. The molecule has 132 valence electrons. The van der Waals surface area contributed by atoms with Crippen molar-refractivity contribution in [3.05, 3.63) is 29.8 Å². The van der Waals surface area contributed by atoms with E-state index >= 15 is 0 Å². The van der Waals surface area contributed by atoms with Gasteiger partial charge in [-0.2, -0.15) is 0 Å². The van der Waals surface area contributed by atoms with Crippen molar-refractivity contribution < 1.29 is 19.1 Å². The molecule has 0 radical (unpaired) electrons. The predicted molar refractivity (Wildman–Crippen MR) is 91.2 cm³/mol. The normalized spacial score (nSPS) is 14.3. The molecule has 7 heteroatoms. The minimum atomic E-state index is -0.0698. The molecule has 2 N–H and O–H groups in total. The topological polar surface area (TPSA) is 79.9 Å². The molecule has 0 unspecified atom stereocenters. The fraction of sp³-hybridized carbons (Fsp3) is 0.529. The lowest BCUT2D eigenvalue weighted by Crippen LogP contribution is -2.40. The van der Waals surface area contributed by atoms with E-state index in [0.29, 0.717) is 45.0 Å². The number of amides is 2. The second kappa shape index (κ2) is 9.89. The van der Waals surface area contributed by atoms with E-state index in [-0.39, 0.29) is 18.4 Å². The Bertz CT molecular complexity index is 527. The van der Waals surface area contributed by atoms with E-state index in [1.165, 1.54) is 0 Å². The number of nitrogens with zero attached hydrogens (tertiary/aromatic N) is 1. The molecule has 1 aliphatic rings. The van der Waals surface area contributed by atoms with Crippen LogP contribution < -0.4 is 10.6 Å². The Hall–Kier alpha value is -2.12. The first-order valence-electron chi connectivity index (χ1n) is 8.17. The molecular weight excluding hydrogens is 310 g/mol. The lowest BCUT2D eigenvalue weighted by Gasteiger charge is -2.26. The Morgan fingerprint density at radius 3 is 2.58 bits per heavy atom. The van der Waals surface area contributed by atoms with Gasteiger partial charge in [0.1, 0.15) is 0 Å². The van der Waals surface area contributed by atoms with Crippen molar-refractivity contribution in [1.29, 1.82) is 0 Å². The standard InChI is InChI=1S/C17H25N3O4/c1-23-10-2-7-18-16(21)13-19-15-5-3-14(4-6-15)17(22)20-8-11-24-12-9-20/h3-6,19H,2,7-13H2,1H3,(H,18,21). The van der Waals surface area contributed by atoms with Crippen molar-refractivity contribution in [3.8, 4) is 0 Å². The molecule has 0 aliphatic carbocycles. The first kappa shape index (κ1) is 18.2. The Labute approximate surface area is 142 Å². The van der Waals surface area contributed by atoms with E-state index in [0.717, 1.165) is 12.1 Å². The summed E-state index contributed by atoms with van der Waals surface area (Å²) in [5.41, 5.74) is 1.45. The molecule has 1 aromatic carbocycles. The van der Waals surface area contributed by atoms with Crippen LogP contribution in [0.15, 0.2) is 24.3 Å². The van der Waals surface area contributed by atoms with Gasteiger partial charge < -0.3 is 25.0 Å². The molecule has 0 aromatic heterocycles.